The molecule has 0 heterocycles. The molecule has 0 aliphatic carbocycles. The summed E-state index contributed by atoms with van der Waals surface area (Å²) < 4.78 is 114. The topological polar surface area (TPSA) is 106 Å². The molecule has 0 aromatic carbocycles. The lowest BCUT2D eigenvalue weighted by Gasteiger charge is -2.20. The number of hydrogen-bond acceptors (Lipinski definition) is 5. The highest BCUT2D eigenvalue weighted by molar-refractivity contribution is 8.09. The summed E-state index contributed by atoms with van der Waals surface area (Å²) in [6.07, 6.45) is -3.63. The highest BCUT2D eigenvalue weighted by Gasteiger charge is 2.62. The summed E-state index contributed by atoms with van der Waals surface area (Å²) in [6, 6.07) is 0. The normalized spacial score (nSPS) is 14.4. The monoisotopic (exact) mass is 366 g/mol. The van der Waals surface area contributed by atoms with Crippen LogP contribution in [0.25, 0.3) is 0 Å². The zero-order chi connectivity index (χ0) is 17.3. The molecule has 0 saturated heterocycles. The maximum absolute atomic E-state index is 12.3. The Morgan fingerprint density at radius 2 is 1.24 bits per heavy atom. The van der Waals surface area contributed by atoms with Crippen molar-refractivity contribution in [2.75, 3.05) is 0 Å². The fourth-order valence-electron chi connectivity index (χ4n) is 1.20. The zero-order valence-corrected chi connectivity index (χ0v) is 11.4. The van der Waals surface area contributed by atoms with E-state index in [0.29, 0.717) is 0 Å². The van der Waals surface area contributed by atoms with Crippen molar-refractivity contribution in [3.63, 3.8) is 0 Å². The molecule has 0 aromatic rings. The van der Waals surface area contributed by atoms with Gasteiger partial charge in [0.1, 0.15) is 0 Å². The molecule has 0 saturated carbocycles. The number of halogens is 6. The Labute approximate surface area is 114 Å². The molecule has 0 unspecified atom stereocenters. The lowest BCUT2D eigenvalue weighted by Crippen LogP contribution is -2.44. The van der Waals surface area contributed by atoms with Gasteiger partial charge < -0.3 is 5.11 Å². The maximum Gasteiger partial charge on any atom is 0.498 e. The minimum atomic E-state index is -6.68. The number of aliphatic carboxylic acids is 1. The van der Waals surface area contributed by atoms with E-state index in [4.69, 9.17) is 5.11 Å². The summed E-state index contributed by atoms with van der Waals surface area (Å²) in [5.74, 6) is -1.64. The van der Waals surface area contributed by atoms with E-state index < -0.39 is 60.5 Å². The van der Waals surface area contributed by atoms with E-state index in [0.717, 1.165) is 0 Å². The molecule has 0 aromatic heterocycles. The number of sulfone groups is 2. The summed E-state index contributed by atoms with van der Waals surface area (Å²) in [5.41, 5.74) is -12.4. The molecule has 0 fully saturated rings. The quantitative estimate of drug-likeness (QED) is 0.713. The molecule has 1 N–H and O–H groups in total. The van der Waals surface area contributed by atoms with Crippen molar-refractivity contribution in [3.05, 3.63) is 0 Å². The largest absolute Gasteiger partial charge is 0.498 e. The number of carboxylic acids is 1. The second-order valence-electron chi connectivity index (χ2n) is 3.70. The van der Waals surface area contributed by atoms with Gasteiger partial charge in [0.05, 0.1) is 0 Å². The van der Waals surface area contributed by atoms with E-state index in [1.807, 2.05) is 0 Å². The van der Waals surface area contributed by atoms with Gasteiger partial charge in [-0.1, -0.05) is 0 Å². The smallest absolute Gasteiger partial charge is 0.481 e. The Balaban J connectivity index is 5.79. The number of carbonyl (C=O) groups is 1. The van der Waals surface area contributed by atoms with Gasteiger partial charge in [-0.25, -0.2) is 16.8 Å². The van der Waals surface area contributed by atoms with Crippen LogP contribution in [-0.4, -0.2) is 43.5 Å². The standard InChI is InChI=1S/C7H8F6O6S2/c8-6(9,10)20(16,17)5(3-1-2-4(14)15)21(18,19)7(11,12)13/h5H,1-3H2,(H,14,15). The molecule has 0 amide bonds. The van der Waals surface area contributed by atoms with Gasteiger partial charge >= 0.3 is 17.0 Å². The van der Waals surface area contributed by atoms with E-state index in [9.17, 15) is 48.0 Å². The summed E-state index contributed by atoms with van der Waals surface area (Å²) in [7, 11) is -13.4. The van der Waals surface area contributed by atoms with E-state index in [1.54, 1.807) is 0 Å². The fraction of sp³-hybridized carbons (Fsp3) is 0.857. The summed E-state index contributed by atoms with van der Waals surface area (Å²) in [4.78, 5) is 10.1. The first-order chi connectivity index (χ1) is 9.05. The maximum atomic E-state index is 12.3. The lowest BCUT2D eigenvalue weighted by molar-refractivity contribution is -0.137. The summed E-state index contributed by atoms with van der Waals surface area (Å²) in [5, 5.41) is 8.21. The third-order valence-corrected chi connectivity index (χ3v) is 6.83. The first kappa shape index (κ1) is 19.9. The minimum Gasteiger partial charge on any atom is -0.481 e. The molecule has 0 rings (SSSR count). The average Bonchev–Trinajstić information content (AvgIpc) is 2.19. The van der Waals surface area contributed by atoms with Crippen molar-refractivity contribution >= 4 is 25.6 Å². The van der Waals surface area contributed by atoms with Crippen molar-refractivity contribution < 1.29 is 53.1 Å². The van der Waals surface area contributed by atoms with Crippen LogP contribution in [0.3, 0.4) is 0 Å². The minimum absolute atomic E-state index is 0.989. The van der Waals surface area contributed by atoms with Crippen LogP contribution < -0.4 is 0 Å². The second kappa shape index (κ2) is 5.98. The predicted molar refractivity (Wildman–Crippen MR) is 55.2 cm³/mol. The van der Waals surface area contributed by atoms with Crippen molar-refractivity contribution in [2.45, 2.75) is 34.9 Å². The van der Waals surface area contributed by atoms with Crippen LogP contribution in [0.4, 0.5) is 26.3 Å². The first-order valence-corrected chi connectivity index (χ1v) is 7.96. The van der Waals surface area contributed by atoms with Crippen molar-refractivity contribution in [1.29, 1.82) is 0 Å². The summed E-state index contributed by atoms with van der Waals surface area (Å²) >= 11 is 0. The average molecular weight is 366 g/mol. The Morgan fingerprint density at radius 1 is 0.905 bits per heavy atom. The molecule has 0 aliphatic heterocycles. The predicted octanol–water partition coefficient (Wildman–Crippen LogP) is 1.44. The lowest BCUT2D eigenvalue weighted by atomic mass is 10.2. The molecule has 0 bridgehead atoms. The number of hydrogen-bond donors (Lipinski definition) is 1. The van der Waals surface area contributed by atoms with Gasteiger partial charge in [0.15, 0.2) is 4.58 Å². The third-order valence-electron chi connectivity index (χ3n) is 2.17. The SMILES string of the molecule is O=C(O)CCCC(S(=O)(=O)C(F)(F)F)S(=O)(=O)C(F)(F)F. The summed E-state index contributed by atoms with van der Waals surface area (Å²) in [6.45, 7) is 0. The Bertz CT molecular complexity index is 542. The van der Waals surface area contributed by atoms with E-state index in [-0.39, 0.29) is 0 Å². The number of alkyl halides is 6. The van der Waals surface area contributed by atoms with Crippen LogP contribution in [-0.2, 0) is 24.5 Å². The fourth-order valence-corrected chi connectivity index (χ4v) is 4.73. The van der Waals surface area contributed by atoms with E-state index in [2.05, 4.69) is 0 Å². The van der Waals surface area contributed by atoms with Gasteiger partial charge in [0.2, 0.25) is 0 Å². The Morgan fingerprint density at radius 3 is 1.48 bits per heavy atom. The molecule has 0 radical (unpaired) electrons. The first-order valence-electron chi connectivity index (χ1n) is 4.87. The highest BCUT2D eigenvalue weighted by Crippen LogP contribution is 2.38. The molecule has 6 nitrogen and oxygen atoms in total. The van der Waals surface area contributed by atoms with Gasteiger partial charge in [-0.2, -0.15) is 26.3 Å². The van der Waals surface area contributed by atoms with E-state index in [1.165, 1.54) is 0 Å². The second-order valence-corrected chi connectivity index (χ2v) is 8.24. The van der Waals surface area contributed by atoms with Gasteiger partial charge in [-0.15, -0.1) is 0 Å². The number of carboxylic acid groups (broad SMARTS) is 1. The molecule has 126 valence electrons. The zero-order valence-electron chi connectivity index (χ0n) is 9.77. The van der Waals surface area contributed by atoms with Crippen molar-refractivity contribution in [1.82, 2.24) is 0 Å². The molecular weight excluding hydrogens is 358 g/mol. The van der Waals surface area contributed by atoms with Crippen molar-refractivity contribution in [3.8, 4) is 0 Å². The van der Waals surface area contributed by atoms with Crippen LogP contribution in [0, 0.1) is 0 Å². The number of rotatable bonds is 6. The molecule has 14 heteroatoms. The van der Waals surface area contributed by atoms with Gasteiger partial charge in [0.25, 0.3) is 19.7 Å². The van der Waals surface area contributed by atoms with Gasteiger partial charge in [0, 0.05) is 6.42 Å². The molecule has 21 heavy (non-hydrogen) atoms. The van der Waals surface area contributed by atoms with Crippen molar-refractivity contribution in [2.24, 2.45) is 0 Å². The molecule has 0 atom stereocenters. The Kier molecular flexibility index (Phi) is 5.68. The van der Waals surface area contributed by atoms with Crippen LogP contribution >= 0.6 is 0 Å². The molecule has 0 aliphatic rings. The van der Waals surface area contributed by atoms with Gasteiger partial charge in [-0.05, 0) is 12.8 Å². The van der Waals surface area contributed by atoms with Crippen LogP contribution in [0.1, 0.15) is 19.3 Å². The van der Waals surface area contributed by atoms with Crippen LogP contribution in [0.2, 0.25) is 0 Å². The highest BCUT2D eigenvalue weighted by atomic mass is 32.3. The molecule has 0 spiro atoms. The van der Waals surface area contributed by atoms with E-state index >= 15 is 0 Å². The third kappa shape index (κ3) is 4.46. The Hall–Kier alpha value is -1.05. The molecular formula is C7H8F6O6S2. The van der Waals surface area contributed by atoms with Crippen LogP contribution in [0.15, 0.2) is 0 Å². The van der Waals surface area contributed by atoms with Gasteiger partial charge in [-0.3, -0.25) is 4.79 Å². The van der Waals surface area contributed by atoms with Crippen LogP contribution in [0.5, 0.6) is 0 Å².